The molecule has 1 saturated carbocycles. The zero-order valence-corrected chi connectivity index (χ0v) is 24.5. The topological polar surface area (TPSA) is 125 Å². The molecule has 1 saturated heterocycles. The Morgan fingerprint density at radius 1 is 1.00 bits per heavy atom. The normalized spacial score (nSPS) is 15.2. The summed E-state index contributed by atoms with van der Waals surface area (Å²) in [4.78, 5) is 31.5. The molecule has 1 aliphatic heterocycles. The summed E-state index contributed by atoms with van der Waals surface area (Å²) in [6.45, 7) is 3.54. The number of H-pyrrole nitrogens is 2. The molecule has 8 rings (SSSR count). The smallest absolute Gasteiger partial charge is 0.227 e. The number of anilines is 1. The maximum absolute atomic E-state index is 14.8. The molecule has 1 aromatic carbocycles. The van der Waals surface area contributed by atoms with Gasteiger partial charge in [0.05, 0.1) is 35.0 Å². The summed E-state index contributed by atoms with van der Waals surface area (Å²) in [7, 11) is 0. The van der Waals surface area contributed by atoms with Crippen molar-refractivity contribution in [1.82, 2.24) is 35.0 Å². The molecule has 2 fully saturated rings. The molecule has 0 atom stereocenters. The second-order valence-electron chi connectivity index (χ2n) is 11.8. The molecular formula is C34H31FN8O2. The Hall–Kier alpha value is -5.16. The minimum absolute atomic E-state index is 0.0285. The lowest BCUT2D eigenvalue weighted by Gasteiger charge is -2.15. The minimum Gasteiger partial charge on any atom is -0.492 e. The zero-order valence-electron chi connectivity index (χ0n) is 24.5. The van der Waals surface area contributed by atoms with Crippen molar-refractivity contribution >= 4 is 33.5 Å². The standard InChI is InChI=1S/C34H31FN8O2/c35-23-11-21(13-25(14-23)45-10-9-43-7-1-2-8-43)26-5-6-37-33-27(26)15-30(40-33)32-28-16-29(38-19-31(28)41-42-32)22-12-24(18-36-17-22)39-34(44)20-3-4-20/h5-6,11-20H,1-4,7-10H2,(H,37,40)(H,39,44)(H,41,42). The fourth-order valence-electron chi connectivity index (χ4n) is 6.02. The number of halogens is 1. The first-order valence-electron chi connectivity index (χ1n) is 15.3. The van der Waals surface area contributed by atoms with Gasteiger partial charge in [0.1, 0.15) is 29.5 Å². The average molecular weight is 603 g/mol. The summed E-state index contributed by atoms with van der Waals surface area (Å²) in [5, 5.41) is 12.3. The molecule has 6 heterocycles. The molecular weight excluding hydrogens is 571 g/mol. The summed E-state index contributed by atoms with van der Waals surface area (Å²) in [6, 6.07) is 12.5. The predicted molar refractivity (Wildman–Crippen MR) is 170 cm³/mol. The predicted octanol–water partition coefficient (Wildman–Crippen LogP) is 6.19. The van der Waals surface area contributed by atoms with Gasteiger partial charge in [-0.05, 0) is 86.3 Å². The van der Waals surface area contributed by atoms with Gasteiger partial charge >= 0.3 is 0 Å². The maximum Gasteiger partial charge on any atom is 0.227 e. The lowest BCUT2D eigenvalue weighted by molar-refractivity contribution is -0.117. The van der Waals surface area contributed by atoms with E-state index >= 15 is 0 Å². The molecule has 1 amide bonds. The Labute approximate surface area is 258 Å². The number of ether oxygens (including phenoxy) is 1. The lowest BCUT2D eigenvalue weighted by Crippen LogP contribution is -2.25. The van der Waals surface area contributed by atoms with Crippen LogP contribution in [0.15, 0.2) is 67.3 Å². The van der Waals surface area contributed by atoms with Gasteiger partial charge in [-0.1, -0.05) is 0 Å². The molecule has 3 N–H and O–H groups in total. The van der Waals surface area contributed by atoms with E-state index in [9.17, 15) is 9.18 Å². The molecule has 226 valence electrons. The number of aromatic nitrogens is 6. The van der Waals surface area contributed by atoms with Gasteiger partial charge in [0.15, 0.2) is 0 Å². The molecule has 0 bridgehead atoms. The fraction of sp³-hybridized carbons (Fsp3) is 0.265. The van der Waals surface area contributed by atoms with Gasteiger partial charge in [0.25, 0.3) is 0 Å². The number of pyridine rings is 3. The highest BCUT2D eigenvalue weighted by Crippen LogP contribution is 2.36. The average Bonchev–Trinajstić information content (AvgIpc) is 3.40. The second kappa shape index (κ2) is 11.4. The number of nitrogens with zero attached hydrogens (tertiary/aromatic N) is 5. The number of benzene rings is 1. The van der Waals surface area contributed by atoms with E-state index < -0.39 is 0 Å². The van der Waals surface area contributed by atoms with Crippen LogP contribution in [0.4, 0.5) is 10.1 Å². The van der Waals surface area contributed by atoms with Crippen LogP contribution in [0.5, 0.6) is 5.75 Å². The summed E-state index contributed by atoms with van der Waals surface area (Å²) < 4.78 is 20.8. The largest absolute Gasteiger partial charge is 0.492 e. The molecule has 1 aliphatic carbocycles. The third-order valence-corrected chi connectivity index (χ3v) is 8.54. The van der Waals surface area contributed by atoms with E-state index in [1.165, 1.54) is 25.0 Å². The highest BCUT2D eigenvalue weighted by atomic mass is 19.1. The van der Waals surface area contributed by atoms with Crippen molar-refractivity contribution in [2.75, 3.05) is 31.6 Å². The van der Waals surface area contributed by atoms with Gasteiger partial charge in [-0.3, -0.25) is 24.8 Å². The summed E-state index contributed by atoms with van der Waals surface area (Å²) in [6.07, 6.45) is 11.1. The minimum atomic E-state index is -0.353. The van der Waals surface area contributed by atoms with Crippen molar-refractivity contribution in [2.24, 2.45) is 5.92 Å². The Morgan fingerprint density at radius 2 is 1.89 bits per heavy atom. The van der Waals surface area contributed by atoms with Gasteiger partial charge in [-0.15, -0.1) is 0 Å². The van der Waals surface area contributed by atoms with Crippen molar-refractivity contribution in [3.05, 3.63) is 73.1 Å². The monoisotopic (exact) mass is 602 g/mol. The van der Waals surface area contributed by atoms with Crippen molar-refractivity contribution in [3.8, 4) is 39.5 Å². The van der Waals surface area contributed by atoms with E-state index in [1.54, 1.807) is 24.8 Å². The summed E-state index contributed by atoms with van der Waals surface area (Å²) >= 11 is 0. The summed E-state index contributed by atoms with van der Waals surface area (Å²) in [5.41, 5.74) is 6.57. The number of fused-ring (bicyclic) bond motifs is 2. The molecule has 0 spiro atoms. The van der Waals surface area contributed by atoms with Gasteiger partial charge < -0.3 is 15.0 Å². The van der Waals surface area contributed by atoms with E-state index in [-0.39, 0.29) is 17.6 Å². The molecule has 11 heteroatoms. The number of hydrogen-bond acceptors (Lipinski definition) is 7. The van der Waals surface area contributed by atoms with E-state index in [0.717, 1.165) is 65.6 Å². The molecule has 5 aromatic heterocycles. The van der Waals surface area contributed by atoms with Crippen LogP contribution in [-0.4, -0.2) is 67.2 Å². The van der Waals surface area contributed by atoms with E-state index in [0.29, 0.717) is 40.6 Å². The van der Waals surface area contributed by atoms with Crippen molar-refractivity contribution in [1.29, 1.82) is 0 Å². The van der Waals surface area contributed by atoms with Crippen LogP contribution in [0, 0.1) is 11.7 Å². The fourth-order valence-corrected chi connectivity index (χ4v) is 6.02. The number of hydrogen-bond donors (Lipinski definition) is 3. The molecule has 6 aromatic rings. The van der Waals surface area contributed by atoms with Crippen molar-refractivity contribution < 1.29 is 13.9 Å². The van der Waals surface area contributed by atoms with Crippen LogP contribution in [0.3, 0.4) is 0 Å². The summed E-state index contributed by atoms with van der Waals surface area (Å²) in [5.74, 6) is 0.284. The molecule has 0 radical (unpaired) electrons. The highest BCUT2D eigenvalue weighted by molar-refractivity contribution is 6.00. The van der Waals surface area contributed by atoms with Gasteiger partial charge in [-0.25, -0.2) is 9.37 Å². The number of amides is 1. The Kier molecular flexibility index (Phi) is 6.94. The van der Waals surface area contributed by atoms with E-state index in [1.807, 2.05) is 30.3 Å². The zero-order chi connectivity index (χ0) is 30.3. The SMILES string of the molecule is O=C(Nc1cncc(-c2cc3c(-c4cc5c(-c6cc(F)cc(OCCN7CCCC7)c6)ccnc5[nH]4)n[nH]c3cn2)c1)C1CC1. The lowest BCUT2D eigenvalue weighted by atomic mass is 10.0. The van der Waals surface area contributed by atoms with E-state index in [4.69, 9.17) is 4.74 Å². The maximum atomic E-state index is 14.8. The number of nitrogens with one attached hydrogen (secondary N) is 3. The van der Waals surface area contributed by atoms with Gasteiger partial charge in [-0.2, -0.15) is 5.10 Å². The first kappa shape index (κ1) is 27.4. The third kappa shape index (κ3) is 5.62. The quantitative estimate of drug-likeness (QED) is 0.180. The van der Waals surface area contributed by atoms with Crippen LogP contribution < -0.4 is 10.1 Å². The highest BCUT2D eigenvalue weighted by Gasteiger charge is 2.29. The Balaban J connectivity index is 1.10. The van der Waals surface area contributed by atoms with Crippen LogP contribution in [0.2, 0.25) is 0 Å². The van der Waals surface area contributed by atoms with Crippen LogP contribution in [0.25, 0.3) is 55.7 Å². The number of aromatic amines is 2. The van der Waals surface area contributed by atoms with E-state index in [2.05, 4.69) is 40.3 Å². The Bertz CT molecular complexity index is 2040. The molecule has 45 heavy (non-hydrogen) atoms. The first-order valence-corrected chi connectivity index (χ1v) is 15.3. The Morgan fingerprint density at radius 3 is 2.76 bits per heavy atom. The third-order valence-electron chi connectivity index (χ3n) is 8.54. The number of rotatable bonds is 9. The van der Waals surface area contributed by atoms with Gasteiger partial charge in [0.2, 0.25) is 5.91 Å². The van der Waals surface area contributed by atoms with Crippen LogP contribution in [0.1, 0.15) is 25.7 Å². The molecule has 2 aliphatic rings. The van der Waals surface area contributed by atoms with Crippen LogP contribution in [-0.2, 0) is 4.79 Å². The van der Waals surface area contributed by atoms with Crippen molar-refractivity contribution in [3.63, 3.8) is 0 Å². The second-order valence-corrected chi connectivity index (χ2v) is 11.8. The van der Waals surface area contributed by atoms with Crippen LogP contribution >= 0.6 is 0 Å². The first-order chi connectivity index (χ1) is 22.1. The van der Waals surface area contributed by atoms with Crippen molar-refractivity contribution in [2.45, 2.75) is 25.7 Å². The van der Waals surface area contributed by atoms with Gasteiger partial charge in [0, 0.05) is 47.3 Å². The number of carbonyl (C=O) groups excluding carboxylic acids is 1. The number of likely N-dealkylation sites (tertiary alicyclic amines) is 1. The number of carbonyl (C=O) groups is 1. The molecule has 0 unspecified atom stereocenters. The molecule has 10 nitrogen and oxygen atoms in total.